The fraction of sp³-hybridized carbons (Fsp3) is 0.500. The standard InChI is InChI=1S/C12H16N2O2/c1-9(15)8-12(16)14-7-3-5-11(14)10-4-2-6-13-10/h2,4,6,11,13H,3,5,7-8H2,1H3. The number of rotatable bonds is 3. The topological polar surface area (TPSA) is 53.2 Å². The minimum absolute atomic E-state index is 0.0250. The Kier molecular flexibility index (Phi) is 3.08. The van der Waals surface area contributed by atoms with Gasteiger partial charge in [-0.25, -0.2) is 0 Å². The van der Waals surface area contributed by atoms with Crippen LogP contribution >= 0.6 is 0 Å². The predicted molar refractivity (Wildman–Crippen MR) is 59.8 cm³/mol. The zero-order chi connectivity index (χ0) is 11.5. The summed E-state index contributed by atoms with van der Waals surface area (Å²) >= 11 is 0. The third kappa shape index (κ3) is 2.15. The van der Waals surface area contributed by atoms with Crippen molar-refractivity contribution in [3.63, 3.8) is 0 Å². The molecule has 0 spiro atoms. The van der Waals surface area contributed by atoms with Gasteiger partial charge in [0.05, 0.1) is 12.5 Å². The average molecular weight is 220 g/mol. The highest BCUT2D eigenvalue weighted by molar-refractivity contribution is 5.97. The van der Waals surface area contributed by atoms with Crippen molar-refractivity contribution < 1.29 is 9.59 Å². The molecule has 0 aromatic carbocycles. The van der Waals surface area contributed by atoms with Gasteiger partial charge in [-0.2, -0.15) is 0 Å². The van der Waals surface area contributed by atoms with Crippen LogP contribution in [0.5, 0.6) is 0 Å². The van der Waals surface area contributed by atoms with Crippen molar-refractivity contribution in [2.24, 2.45) is 0 Å². The lowest BCUT2D eigenvalue weighted by Gasteiger charge is -2.23. The monoisotopic (exact) mass is 220 g/mol. The summed E-state index contributed by atoms with van der Waals surface area (Å²) in [7, 11) is 0. The van der Waals surface area contributed by atoms with E-state index in [0.29, 0.717) is 0 Å². The smallest absolute Gasteiger partial charge is 0.230 e. The van der Waals surface area contributed by atoms with Gasteiger partial charge in [0, 0.05) is 18.4 Å². The molecule has 4 heteroatoms. The Bertz CT molecular complexity index is 384. The molecule has 1 aromatic rings. The Hall–Kier alpha value is -1.58. The molecule has 0 aliphatic carbocycles. The molecule has 86 valence electrons. The van der Waals surface area contributed by atoms with Crippen LogP contribution in [-0.2, 0) is 9.59 Å². The summed E-state index contributed by atoms with van der Waals surface area (Å²) in [5.74, 6) is -0.119. The molecule has 4 nitrogen and oxygen atoms in total. The van der Waals surface area contributed by atoms with Crippen LogP contribution in [-0.4, -0.2) is 28.1 Å². The van der Waals surface area contributed by atoms with Crippen LogP contribution in [0.1, 0.15) is 37.9 Å². The molecular formula is C12H16N2O2. The van der Waals surface area contributed by atoms with Crippen LogP contribution in [0, 0.1) is 0 Å². The van der Waals surface area contributed by atoms with E-state index in [1.54, 1.807) is 0 Å². The number of nitrogens with one attached hydrogen (secondary N) is 1. The summed E-state index contributed by atoms with van der Waals surface area (Å²) in [6.45, 7) is 2.22. The first-order valence-corrected chi connectivity index (χ1v) is 5.60. The maximum atomic E-state index is 11.9. The van der Waals surface area contributed by atoms with Crippen LogP contribution in [0.25, 0.3) is 0 Å². The Balaban J connectivity index is 2.09. The molecule has 1 unspecified atom stereocenters. The molecule has 2 heterocycles. The van der Waals surface area contributed by atoms with E-state index in [2.05, 4.69) is 4.98 Å². The average Bonchev–Trinajstić information content (AvgIpc) is 2.87. The van der Waals surface area contributed by atoms with Crippen molar-refractivity contribution in [2.45, 2.75) is 32.2 Å². The van der Waals surface area contributed by atoms with Crippen molar-refractivity contribution in [3.8, 4) is 0 Å². The highest BCUT2D eigenvalue weighted by atomic mass is 16.2. The molecule has 0 saturated carbocycles. The first-order chi connectivity index (χ1) is 7.68. The van der Waals surface area contributed by atoms with Crippen molar-refractivity contribution >= 4 is 11.7 Å². The lowest BCUT2D eigenvalue weighted by molar-refractivity contribution is -0.135. The zero-order valence-corrected chi connectivity index (χ0v) is 9.40. The Labute approximate surface area is 94.6 Å². The summed E-state index contributed by atoms with van der Waals surface area (Å²) in [5.41, 5.74) is 1.06. The van der Waals surface area contributed by atoms with Gasteiger partial charge < -0.3 is 9.88 Å². The molecular weight excluding hydrogens is 204 g/mol. The summed E-state index contributed by atoms with van der Waals surface area (Å²) in [4.78, 5) is 27.8. The van der Waals surface area contributed by atoms with Crippen molar-refractivity contribution in [1.29, 1.82) is 0 Å². The lowest BCUT2D eigenvalue weighted by Crippen LogP contribution is -2.31. The third-order valence-electron chi connectivity index (χ3n) is 2.95. The number of ketones is 1. The molecule has 2 rings (SSSR count). The van der Waals surface area contributed by atoms with Gasteiger partial charge in [0.25, 0.3) is 0 Å². The van der Waals surface area contributed by atoms with E-state index in [-0.39, 0.29) is 24.2 Å². The third-order valence-corrected chi connectivity index (χ3v) is 2.95. The fourth-order valence-electron chi connectivity index (χ4n) is 2.25. The second-order valence-corrected chi connectivity index (χ2v) is 4.25. The molecule has 1 atom stereocenters. The molecule has 1 N–H and O–H groups in total. The number of amides is 1. The molecule has 1 aliphatic heterocycles. The van der Waals surface area contributed by atoms with E-state index in [0.717, 1.165) is 25.1 Å². The highest BCUT2D eigenvalue weighted by Crippen LogP contribution is 2.31. The van der Waals surface area contributed by atoms with Gasteiger partial charge in [-0.3, -0.25) is 9.59 Å². The number of nitrogens with zero attached hydrogens (tertiary/aromatic N) is 1. The van der Waals surface area contributed by atoms with Crippen LogP contribution in [0.3, 0.4) is 0 Å². The number of carbonyl (C=O) groups excluding carboxylic acids is 2. The van der Waals surface area contributed by atoms with E-state index in [1.165, 1.54) is 6.92 Å². The number of hydrogen-bond acceptors (Lipinski definition) is 2. The minimum atomic E-state index is -0.0675. The summed E-state index contributed by atoms with van der Waals surface area (Å²) in [6.07, 6.45) is 3.87. The van der Waals surface area contributed by atoms with Gasteiger partial charge in [0.1, 0.15) is 5.78 Å². The Morgan fingerprint density at radius 1 is 1.56 bits per heavy atom. The number of H-pyrrole nitrogens is 1. The van der Waals surface area contributed by atoms with Crippen molar-refractivity contribution in [1.82, 2.24) is 9.88 Å². The van der Waals surface area contributed by atoms with Crippen LogP contribution in [0.2, 0.25) is 0 Å². The van der Waals surface area contributed by atoms with Crippen molar-refractivity contribution in [3.05, 3.63) is 24.0 Å². The predicted octanol–water partition coefficient (Wildman–Crippen LogP) is 1.66. The van der Waals surface area contributed by atoms with Gasteiger partial charge in [0.2, 0.25) is 5.91 Å². The first-order valence-electron chi connectivity index (χ1n) is 5.60. The Morgan fingerprint density at radius 2 is 2.38 bits per heavy atom. The van der Waals surface area contributed by atoms with E-state index >= 15 is 0 Å². The number of hydrogen-bond donors (Lipinski definition) is 1. The summed E-state index contributed by atoms with van der Waals surface area (Å²) in [5, 5.41) is 0. The quantitative estimate of drug-likeness (QED) is 0.787. The van der Waals surface area contributed by atoms with Gasteiger partial charge in [-0.15, -0.1) is 0 Å². The summed E-state index contributed by atoms with van der Waals surface area (Å²) < 4.78 is 0. The fourth-order valence-corrected chi connectivity index (χ4v) is 2.25. The number of aromatic amines is 1. The SMILES string of the molecule is CC(=O)CC(=O)N1CCCC1c1ccc[nH]1. The second kappa shape index (κ2) is 4.51. The maximum Gasteiger partial charge on any atom is 0.230 e. The number of carbonyl (C=O) groups is 2. The number of Topliss-reactive ketones (excluding diaryl/α,β-unsaturated/α-hetero) is 1. The first kappa shape index (κ1) is 10.9. The van der Waals surface area contributed by atoms with E-state index in [1.807, 2.05) is 23.2 Å². The lowest BCUT2D eigenvalue weighted by atomic mass is 10.1. The molecule has 16 heavy (non-hydrogen) atoms. The number of likely N-dealkylation sites (tertiary alicyclic amines) is 1. The molecule has 1 saturated heterocycles. The van der Waals surface area contributed by atoms with Crippen molar-refractivity contribution in [2.75, 3.05) is 6.54 Å². The largest absolute Gasteiger partial charge is 0.363 e. The molecule has 0 radical (unpaired) electrons. The minimum Gasteiger partial charge on any atom is -0.363 e. The van der Waals surface area contributed by atoms with Crippen LogP contribution < -0.4 is 0 Å². The summed E-state index contributed by atoms with van der Waals surface area (Å²) in [6, 6.07) is 4.05. The molecule has 1 fully saturated rings. The molecule has 1 aromatic heterocycles. The van der Waals surface area contributed by atoms with Crippen LogP contribution in [0.4, 0.5) is 0 Å². The van der Waals surface area contributed by atoms with Crippen LogP contribution in [0.15, 0.2) is 18.3 Å². The van der Waals surface area contributed by atoms with Gasteiger partial charge in [-0.05, 0) is 31.9 Å². The second-order valence-electron chi connectivity index (χ2n) is 4.25. The highest BCUT2D eigenvalue weighted by Gasteiger charge is 2.30. The zero-order valence-electron chi connectivity index (χ0n) is 9.40. The molecule has 0 bridgehead atoms. The number of aromatic nitrogens is 1. The van der Waals surface area contributed by atoms with Gasteiger partial charge in [-0.1, -0.05) is 0 Å². The van der Waals surface area contributed by atoms with Gasteiger partial charge >= 0.3 is 0 Å². The van der Waals surface area contributed by atoms with E-state index in [9.17, 15) is 9.59 Å². The van der Waals surface area contributed by atoms with Gasteiger partial charge in [0.15, 0.2) is 0 Å². The molecule has 1 aliphatic rings. The van der Waals surface area contributed by atoms with E-state index < -0.39 is 0 Å². The van der Waals surface area contributed by atoms with E-state index in [4.69, 9.17) is 0 Å². The normalized spacial score (nSPS) is 20.1. The Morgan fingerprint density at radius 3 is 3.00 bits per heavy atom. The maximum absolute atomic E-state index is 11.9. The molecule has 1 amide bonds.